The van der Waals surface area contributed by atoms with Crippen molar-refractivity contribution in [1.82, 2.24) is 19.8 Å². The molecule has 3 heterocycles. The highest BCUT2D eigenvalue weighted by Gasteiger charge is 2.44. The number of para-hydroxylation sites is 2. The molecular formula is C28H38N4O5. The summed E-state index contributed by atoms with van der Waals surface area (Å²) >= 11 is 0. The SMILES string of the molecule is COC(=O)[C@H](CO)NC(=O)c1nc2ccccc2n([C@H]2C[C@H]3CC[C@@H](C2)N3C2CCCCCCC2)c1=O. The number of methoxy groups -OCH3 is 1. The Morgan fingerprint density at radius 2 is 1.65 bits per heavy atom. The van der Waals surface area contributed by atoms with Gasteiger partial charge in [0, 0.05) is 24.2 Å². The summed E-state index contributed by atoms with van der Waals surface area (Å²) in [6.07, 6.45) is 13.2. The lowest BCUT2D eigenvalue weighted by molar-refractivity contribution is -0.143. The van der Waals surface area contributed by atoms with E-state index in [0.29, 0.717) is 23.6 Å². The Morgan fingerprint density at radius 1 is 1.00 bits per heavy atom. The van der Waals surface area contributed by atoms with Crippen molar-refractivity contribution in [2.75, 3.05) is 13.7 Å². The third kappa shape index (κ3) is 5.16. The van der Waals surface area contributed by atoms with Crippen LogP contribution in [-0.4, -0.2) is 69.3 Å². The number of ether oxygens (including phenoxy) is 1. The van der Waals surface area contributed by atoms with E-state index in [1.165, 1.54) is 52.1 Å². The predicted molar refractivity (Wildman–Crippen MR) is 139 cm³/mol. The molecule has 9 heteroatoms. The van der Waals surface area contributed by atoms with Crippen LogP contribution < -0.4 is 10.9 Å². The second-order valence-corrected chi connectivity index (χ2v) is 10.8. The van der Waals surface area contributed by atoms with Crippen molar-refractivity contribution in [3.8, 4) is 0 Å². The highest BCUT2D eigenvalue weighted by molar-refractivity contribution is 5.96. The number of hydrogen-bond acceptors (Lipinski definition) is 7. The molecule has 4 atom stereocenters. The van der Waals surface area contributed by atoms with Gasteiger partial charge in [0.05, 0.1) is 24.8 Å². The van der Waals surface area contributed by atoms with E-state index < -0.39 is 30.1 Å². The van der Waals surface area contributed by atoms with Gasteiger partial charge in [-0.2, -0.15) is 0 Å². The highest BCUT2D eigenvalue weighted by Crippen LogP contribution is 2.44. The number of amides is 1. The quantitative estimate of drug-likeness (QED) is 0.575. The third-order valence-corrected chi connectivity index (χ3v) is 8.61. The molecule has 1 aromatic heterocycles. The van der Waals surface area contributed by atoms with E-state index in [1.807, 2.05) is 18.2 Å². The van der Waals surface area contributed by atoms with Crippen molar-refractivity contribution in [3.05, 3.63) is 40.3 Å². The molecule has 3 fully saturated rings. The first-order valence-corrected chi connectivity index (χ1v) is 13.8. The first-order chi connectivity index (χ1) is 18.0. The van der Waals surface area contributed by atoms with Crippen molar-refractivity contribution >= 4 is 22.9 Å². The van der Waals surface area contributed by atoms with Gasteiger partial charge in [0.15, 0.2) is 11.7 Å². The van der Waals surface area contributed by atoms with Gasteiger partial charge < -0.3 is 19.7 Å². The van der Waals surface area contributed by atoms with Gasteiger partial charge in [-0.3, -0.25) is 14.5 Å². The lowest BCUT2D eigenvalue weighted by Crippen LogP contribution is -2.51. The maximum atomic E-state index is 13.8. The zero-order chi connectivity index (χ0) is 25.9. The number of fused-ring (bicyclic) bond motifs is 3. The summed E-state index contributed by atoms with van der Waals surface area (Å²) in [5, 5.41) is 11.9. The molecule has 1 amide bonds. The van der Waals surface area contributed by atoms with Crippen LogP contribution in [0.15, 0.2) is 29.1 Å². The van der Waals surface area contributed by atoms with Crippen molar-refractivity contribution in [1.29, 1.82) is 0 Å². The van der Waals surface area contributed by atoms with Gasteiger partial charge in [-0.05, 0) is 50.7 Å². The molecule has 2 saturated heterocycles. The molecule has 2 aliphatic heterocycles. The minimum atomic E-state index is -1.26. The number of nitrogens with one attached hydrogen (secondary N) is 1. The lowest BCUT2D eigenvalue weighted by Gasteiger charge is -2.45. The van der Waals surface area contributed by atoms with Gasteiger partial charge in [0.1, 0.15) is 0 Å². The topological polar surface area (TPSA) is 114 Å². The summed E-state index contributed by atoms with van der Waals surface area (Å²) in [6.45, 7) is -0.636. The summed E-state index contributed by atoms with van der Waals surface area (Å²) in [5.41, 5.74) is 0.553. The fourth-order valence-corrected chi connectivity index (χ4v) is 6.94. The van der Waals surface area contributed by atoms with Crippen molar-refractivity contribution in [2.24, 2.45) is 0 Å². The number of nitrogens with zero attached hydrogens (tertiary/aromatic N) is 3. The van der Waals surface area contributed by atoms with Crippen LogP contribution in [0.25, 0.3) is 11.0 Å². The number of aromatic nitrogens is 2. The number of aliphatic hydroxyl groups is 1. The van der Waals surface area contributed by atoms with Crippen LogP contribution in [0.4, 0.5) is 0 Å². The zero-order valence-electron chi connectivity index (χ0n) is 21.6. The number of rotatable bonds is 6. The summed E-state index contributed by atoms with van der Waals surface area (Å²) in [6, 6.07) is 7.65. The van der Waals surface area contributed by atoms with E-state index in [-0.39, 0.29) is 11.7 Å². The molecule has 2 N–H and O–H groups in total. The second kappa shape index (κ2) is 11.3. The van der Waals surface area contributed by atoms with Crippen LogP contribution in [0, 0.1) is 0 Å². The monoisotopic (exact) mass is 510 g/mol. The van der Waals surface area contributed by atoms with Gasteiger partial charge in [-0.25, -0.2) is 9.78 Å². The Bertz CT molecular complexity index is 1170. The van der Waals surface area contributed by atoms with Gasteiger partial charge in [-0.1, -0.05) is 44.2 Å². The molecule has 1 saturated carbocycles. The summed E-state index contributed by atoms with van der Waals surface area (Å²) in [5.74, 6) is -1.57. The lowest BCUT2D eigenvalue weighted by atomic mass is 9.89. The van der Waals surface area contributed by atoms with Gasteiger partial charge in [0.25, 0.3) is 11.5 Å². The van der Waals surface area contributed by atoms with Crippen LogP contribution in [0.1, 0.15) is 87.2 Å². The van der Waals surface area contributed by atoms with Crippen LogP contribution in [0.5, 0.6) is 0 Å². The zero-order valence-corrected chi connectivity index (χ0v) is 21.6. The first kappa shape index (κ1) is 25.9. The largest absolute Gasteiger partial charge is 0.467 e. The number of carbonyl (C=O) groups excluding carboxylic acids is 2. The molecule has 0 unspecified atom stereocenters. The van der Waals surface area contributed by atoms with Crippen LogP contribution in [0.3, 0.4) is 0 Å². The average molecular weight is 511 g/mol. The van der Waals surface area contributed by atoms with E-state index in [0.717, 1.165) is 31.2 Å². The molecule has 9 nitrogen and oxygen atoms in total. The van der Waals surface area contributed by atoms with Crippen molar-refractivity contribution in [2.45, 2.75) is 101 Å². The molecule has 2 bridgehead atoms. The Kier molecular flexibility index (Phi) is 7.90. The minimum absolute atomic E-state index is 0.0245. The molecule has 1 aromatic carbocycles. The van der Waals surface area contributed by atoms with Crippen LogP contribution in [-0.2, 0) is 9.53 Å². The van der Waals surface area contributed by atoms with Gasteiger partial charge in [0.2, 0.25) is 0 Å². The molecule has 2 aromatic rings. The Labute approximate surface area is 217 Å². The number of carbonyl (C=O) groups is 2. The standard InChI is InChI=1S/C28H38N4O5/c1-37-28(36)23(17-33)30-26(34)25-27(35)32(24-12-8-7-11-22(24)29-25)21-15-19-13-14-20(16-21)31(19)18-9-5-3-2-4-6-10-18/h7-8,11-12,18-21,23,33H,2-6,9-10,13-17H2,1H3,(H,30,34)/t19-,20+,21+,23-/m0/s1. The van der Waals surface area contributed by atoms with E-state index >= 15 is 0 Å². The molecule has 0 spiro atoms. The van der Waals surface area contributed by atoms with E-state index in [9.17, 15) is 19.5 Å². The van der Waals surface area contributed by atoms with E-state index in [4.69, 9.17) is 0 Å². The van der Waals surface area contributed by atoms with Crippen molar-refractivity contribution < 1.29 is 19.4 Å². The van der Waals surface area contributed by atoms with Crippen LogP contribution in [0.2, 0.25) is 0 Å². The average Bonchev–Trinajstić information content (AvgIpc) is 3.14. The van der Waals surface area contributed by atoms with Gasteiger partial charge in [-0.15, -0.1) is 0 Å². The molecule has 3 aliphatic rings. The number of hydrogen-bond donors (Lipinski definition) is 2. The number of benzene rings is 1. The smallest absolute Gasteiger partial charge is 0.330 e. The maximum Gasteiger partial charge on any atom is 0.330 e. The van der Waals surface area contributed by atoms with Gasteiger partial charge >= 0.3 is 5.97 Å². The normalized spacial score (nSPS) is 25.8. The Morgan fingerprint density at radius 3 is 2.30 bits per heavy atom. The summed E-state index contributed by atoms with van der Waals surface area (Å²) in [4.78, 5) is 45.9. The molecule has 1 aliphatic carbocycles. The molecular weight excluding hydrogens is 472 g/mol. The Hall–Kier alpha value is -2.78. The second-order valence-electron chi connectivity index (χ2n) is 10.8. The fraction of sp³-hybridized carbons (Fsp3) is 0.643. The van der Waals surface area contributed by atoms with E-state index in [1.54, 1.807) is 10.6 Å². The molecule has 37 heavy (non-hydrogen) atoms. The molecule has 200 valence electrons. The van der Waals surface area contributed by atoms with Crippen molar-refractivity contribution in [3.63, 3.8) is 0 Å². The Balaban J connectivity index is 1.45. The summed E-state index contributed by atoms with van der Waals surface area (Å²) < 4.78 is 6.41. The molecule has 0 radical (unpaired) electrons. The summed E-state index contributed by atoms with van der Waals surface area (Å²) in [7, 11) is 1.18. The fourth-order valence-electron chi connectivity index (χ4n) is 6.94. The number of piperidine rings is 1. The minimum Gasteiger partial charge on any atom is -0.467 e. The maximum absolute atomic E-state index is 13.8. The first-order valence-electron chi connectivity index (χ1n) is 13.8. The number of esters is 1. The van der Waals surface area contributed by atoms with E-state index in [2.05, 4.69) is 19.9 Å². The number of aliphatic hydroxyl groups excluding tert-OH is 1. The third-order valence-electron chi connectivity index (χ3n) is 8.61. The molecule has 5 rings (SSSR count). The predicted octanol–water partition coefficient (Wildman–Crippen LogP) is 2.94. The van der Waals surface area contributed by atoms with Crippen LogP contribution >= 0.6 is 0 Å². The highest BCUT2D eigenvalue weighted by atomic mass is 16.5.